The Morgan fingerprint density at radius 3 is 2.58 bits per heavy atom. The van der Waals surface area contributed by atoms with Gasteiger partial charge in [0.25, 0.3) is 11.8 Å². The second-order valence-electron chi connectivity index (χ2n) is 4.81. The van der Waals surface area contributed by atoms with Gasteiger partial charge in [-0.2, -0.15) is 5.26 Å². The van der Waals surface area contributed by atoms with Gasteiger partial charge in [0.1, 0.15) is 11.6 Å². The van der Waals surface area contributed by atoms with E-state index in [0.29, 0.717) is 21.8 Å². The summed E-state index contributed by atoms with van der Waals surface area (Å²) in [7, 11) is 1.45. The number of hydrogen-bond donors (Lipinski definition) is 2. The number of hydrogen-bond acceptors (Lipinski definition) is 3. The van der Waals surface area contributed by atoms with Gasteiger partial charge < -0.3 is 10.6 Å². The molecule has 0 heterocycles. The molecular formula is C18H14ClN3O2. The summed E-state index contributed by atoms with van der Waals surface area (Å²) in [4.78, 5) is 23.8. The zero-order chi connectivity index (χ0) is 17.5. The second kappa shape index (κ2) is 7.95. The average Bonchev–Trinajstić information content (AvgIpc) is 2.59. The number of nitrogens with zero attached hydrogens (tertiary/aromatic N) is 1. The molecule has 2 aromatic rings. The van der Waals surface area contributed by atoms with E-state index in [9.17, 15) is 9.59 Å². The molecule has 0 radical (unpaired) electrons. The van der Waals surface area contributed by atoms with Crippen LogP contribution < -0.4 is 10.6 Å². The van der Waals surface area contributed by atoms with Gasteiger partial charge in [-0.05, 0) is 35.9 Å². The maximum atomic E-state index is 12.3. The smallest absolute Gasteiger partial charge is 0.261 e. The van der Waals surface area contributed by atoms with Gasteiger partial charge in [-0.1, -0.05) is 35.9 Å². The van der Waals surface area contributed by atoms with Gasteiger partial charge in [-0.15, -0.1) is 0 Å². The molecule has 2 amide bonds. The minimum Gasteiger partial charge on any atom is -0.354 e. The monoisotopic (exact) mass is 339 g/mol. The van der Waals surface area contributed by atoms with Gasteiger partial charge in [0.2, 0.25) is 0 Å². The molecule has 0 aromatic heterocycles. The third-order valence-electron chi connectivity index (χ3n) is 3.17. The normalized spacial score (nSPS) is 10.6. The molecule has 2 aromatic carbocycles. The van der Waals surface area contributed by atoms with Crippen molar-refractivity contribution in [1.29, 1.82) is 5.26 Å². The van der Waals surface area contributed by atoms with Crippen LogP contribution in [0, 0.1) is 11.3 Å². The van der Waals surface area contributed by atoms with Crippen LogP contribution in [-0.4, -0.2) is 18.9 Å². The number of nitriles is 1. The zero-order valence-corrected chi connectivity index (χ0v) is 13.6. The van der Waals surface area contributed by atoms with Gasteiger partial charge >= 0.3 is 0 Å². The average molecular weight is 340 g/mol. The van der Waals surface area contributed by atoms with Crippen molar-refractivity contribution in [2.75, 3.05) is 12.4 Å². The van der Waals surface area contributed by atoms with Crippen molar-refractivity contribution in [2.45, 2.75) is 0 Å². The molecule has 0 bridgehead atoms. The maximum Gasteiger partial charge on any atom is 0.261 e. The van der Waals surface area contributed by atoms with Gasteiger partial charge in [-0.25, -0.2) is 0 Å². The number of carbonyl (C=O) groups is 2. The summed E-state index contributed by atoms with van der Waals surface area (Å²) < 4.78 is 0. The van der Waals surface area contributed by atoms with Crippen molar-refractivity contribution in [3.05, 3.63) is 70.3 Å². The first-order valence-corrected chi connectivity index (χ1v) is 7.42. The number of rotatable bonds is 4. The van der Waals surface area contributed by atoms with E-state index >= 15 is 0 Å². The van der Waals surface area contributed by atoms with Crippen molar-refractivity contribution in [1.82, 2.24) is 5.32 Å². The quantitative estimate of drug-likeness (QED) is 0.662. The lowest BCUT2D eigenvalue weighted by atomic mass is 10.1. The highest BCUT2D eigenvalue weighted by molar-refractivity contribution is 6.34. The molecule has 0 unspecified atom stereocenters. The molecule has 5 nitrogen and oxygen atoms in total. The van der Waals surface area contributed by atoms with Crippen LogP contribution in [0.1, 0.15) is 15.9 Å². The van der Waals surface area contributed by atoms with Gasteiger partial charge in [0.05, 0.1) is 10.6 Å². The van der Waals surface area contributed by atoms with E-state index in [1.54, 1.807) is 48.5 Å². The fourth-order valence-electron chi connectivity index (χ4n) is 2.00. The van der Waals surface area contributed by atoms with Crippen LogP contribution >= 0.6 is 11.6 Å². The van der Waals surface area contributed by atoms with E-state index in [1.165, 1.54) is 13.1 Å². The van der Waals surface area contributed by atoms with Crippen LogP contribution in [0.3, 0.4) is 0 Å². The molecule has 0 aliphatic carbocycles. The highest BCUT2D eigenvalue weighted by Crippen LogP contribution is 2.18. The molecule has 0 atom stereocenters. The summed E-state index contributed by atoms with van der Waals surface area (Å²) in [6.07, 6.45) is 1.45. The third kappa shape index (κ3) is 4.22. The number of benzene rings is 2. The highest BCUT2D eigenvalue weighted by atomic mass is 35.5. The van der Waals surface area contributed by atoms with Gasteiger partial charge in [0.15, 0.2) is 0 Å². The van der Waals surface area contributed by atoms with E-state index in [2.05, 4.69) is 10.6 Å². The van der Waals surface area contributed by atoms with Crippen molar-refractivity contribution in [2.24, 2.45) is 0 Å². The molecule has 24 heavy (non-hydrogen) atoms. The Labute approximate surface area is 144 Å². The lowest BCUT2D eigenvalue weighted by Crippen LogP contribution is -2.19. The molecule has 6 heteroatoms. The number of likely N-dealkylation sites (N-methyl/N-ethyl adjacent to an activating group) is 1. The van der Waals surface area contributed by atoms with E-state index in [4.69, 9.17) is 16.9 Å². The van der Waals surface area contributed by atoms with E-state index < -0.39 is 5.91 Å². The molecule has 0 spiro atoms. The Kier molecular flexibility index (Phi) is 5.72. The van der Waals surface area contributed by atoms with Crippen LogP contribution in [0.4, 0.5) is 5.69 Å². The van der Waals surface area contributed by atoms with E-state index in [0.717, 1.165) is 0 Å². The summed E-state index contributed by atoms with van der Waals surface area (Å²) in [5.74, 6) is -0.809. The van der Waals surface area contributed by atoms with Crippen molar-refractivity contribution < 1.29 is 9.59 Å². The summed E-state index contributed by atoms with van der Waals surface area (Å²) in [6, 6.07) is 15.4. The number of halogens is 1. The summed E-state index contributed by atoms with van der Waals surface area (Å²) >= 11 is 6.00. The molecular weight excluding hydrogens is 326 g/mol. The van der Waals surface area contributed by atoms with Crippen molar-refractivity contribution in [3.63, 3.8) is 0 Å². The van der Waals surface area contributed by atoms with E-state index in [1.807, 2.05) is 6.07 Å². The standard InChI is InChI=1S/C18H14ClN3O2/c1-21-17(23)13(11-20)9-12-5-4-6-14(10-12)22-18(24)15-7-2-3-8-16(15)19/h2-10H,1H3,(H,21,23)(H,22,24)/b13-9+. The summed E-state index contributed by atoms with van der Waals surface area (Å²) in [6.45, 7) is 0. The fraction of sp³-hybridized carbons (Fsp3) is 0.0556. The molecule has 120 valence electrons. The molecule has 2 N–H and O–H groups in total. The first kappa shape index (κ1) is 17.3. The number of amides is 2. The Morgan fingerprint density at radius 1 is 1.17 bits per heavy atom. The first-order chi connectivity index (χ1) is 11.5. The van der Waals surface area contributed by atoms with E-state index in [-0.39, 0.29) is 11.5 Å². The molecule has 0 saturated heterocycles. The fourth-order valence-corrected chi connectivity index (χ4v) is 2.22. The second-order valence-corrected chi connectivity index (χ2v) is 5.22. The topological polar surface area (TPSA) is 82.0 Å². The SMILES string of the molecule is CNC(=O)/C(C#N)=C/c1cccc(NC(=O)c2ccccc2Cl)c1. The minimum absolute atomic E-state index is 0.0212. The van der Waals surface area contributed by atoms with Crippen LogP contribution in [-0.2, 0) is 4.79 Å². The molecule has 0 saturated carbocycles. The van der Waals surface area contributed by atoms with Crippen molar-refractivity contribution >= 4 is 35.2 Å². The number of carbonyl (C=O) groups excluding carboxylic acids is 2. The zero-order valence-electron chi connectivity index (χ0n) is 12.8. The van der Waals surface area contributed by atoms with Crippen LogP contribution in [0.25, 0.3) is 6.08 Å². The molecule has 0 aliphatic heterocycles. The molecule has 0 aliphatic rings. The Bertz CT molecular complexity index is 853. The van der Waals surface area contributed by atoms with Gasteiger partial charge in [0, 0.05) is 12.7 Å². The largest absolute Gasteiger partial charge is 0.354 e. The Morgan fingerprint density at radius 2 is 1.92 bits per heavy atom. The lowest BCUT2D eigenvalue weighted by molar-refractivity contribution is -0.116. The van der Waals surface area contributed by atoms with Crippen LogP contribution in [0.2, 0.25) is 5.02 Å². The summed E-state index contributed by atoms with van der Waals surface area (Å²) in [5, 5.41) is 14.5. The third-order valence-corrected chi connectivity index (χ3v) is 3.50. The Hall–Kier alpha value is -3.10. The Balaban J connectivity index is 2.24. The molecule has 0 fully saturated rings. The number of anilines is 1. The minimum atomic E-state index is -0.469. The first-order valence-electron chi connectivity index (χ1n) is 7.05. The van der Waals surface area contributed by atoms with Crippen molar-refractivity contribution in [3.8, 4) is 6.07 Å². The molecule has 2 rings (SSSR count). The van der Waals surface area contributed by atoms with Crippen LogP contribution in [0.5, 0.6) is 0 Å². The van der Waals surface area contributed by atoms with Gasteiger partial charge in [-0.3, -0.25) is 9.59 Å². The predicted octanol–water partition coefficient (Wildman–Crippen LogP) is 3.25. The van der Waals surface area contributed by atoms with Crippen LogP contribution in [0.15, 0.2) is 54.1 Å². The maximum absolute atomic E-state index is 12.3. The predicted molar refractivity (Wildman–Crippen MR) is 93.5 cm³/mol. The lowest BCUT2D eigenvalue weighted by Gasteiger charge is -2.07. The summed E-state index contributed by atoms with van der Waals surface area (Å²) in [5.41, 5.74) is 1.49. The number of nitrogens with one attached hydrogen (secondary N) is 2. The highest BCUT2D eigenvalue weighted by Gasteiger charge is 2.10.